The highest BCUT2D eigenvalue weighted by Gasteiger charge is 2.33. The lowest BCUT2D eigenvalue weighted by Crippen LogP contribution is -2.30. The van der Waals surface area contributed by atoms with Crippen LogP contribution in [0, 0.1) is 0 Å². The van der Waals surface area contributed by atoms with E-state index in [4.69, 9.17) is 0 Å². The van der Waals surface area contributed by atoms with E-state index in [2.05, 4.69) is 4.74 Å². The number of methoxy groups -OCH3 is 1. The second kappa shape index (κ2) is 5.12. The standard InChI is InChI=1S/C11H14O4S/c1-3-10(11(12)15-2)16(13,14)9-7-5-4-6-8-9/h4-8,10H,3H2,1-2H3/t10-/m0/s1. The number of rotatable bonds is 4. The van der Waals surface area contributed by atoms with E-state index in [-0.39, 0.29) is 11.3 Å². The maximum absolute atomic E-state index is 12.1. The van der Waals surface area contributed by atoms with Crippen LogP contribution >= 0.6 is 0 Å². The molecule has 1 rings (SSSR count). The van der Waals surface area contributed by atoms with Gasteiger partial charge in [-0.1, -0.05) is 25.1 Å². The molecule has 0 aliphatic rings. The van der Waals surface area contributed by atoms with Gasteiger partial charge in [0.05, 0.1) is 12.0 Å². The van der Waals surface area contributed by atoms with Gasteiger partial charge in [0.15, 0.2) is 15.1 Å². The third-order valence-corrected chi connectivity index (χ3v) is 4.49. The first-order chi connectivity index (χ1) is 7.54. The van der Waals surface area contributed by atoms with Crippen LogP contribution in [0.15, 0.2) is 35.2 Å². The average Bonchev–Trinajstić information content (AvgIpc) is 2.30. The van der Waals surface area contributed by atoms with Crippen molar-refractivity contribution < 1.29 is 17.9 Å². The van der Waals surface area contributed by atoms with Crippen LogP contribution in [-0.2, 0) is 19.4 Å². The van der Waals surface area contributed by atoms with E-state index in [0.29, 0.717) is 0 Å². The van der Waals surface area contributed by atoms with Gasteiger partial charge in [0.2, 0.25) is 0 Å². The van der Waals surface area contributed by atoms with Crippen LogP contribution in [0.25, 0.3) is 0 Å². The fraction of sp³-hybridized carbons (Fsp3) is 0.364. The van der Waals surface area contributed by atoms with Crippen molar-refractivity contribution in [2.24, 2.45) is 0 Å². The summed E-state index contributed by atoms with van der Waals surface area (Å²) in [6.07, 6.45) is 0.198. The Morgan fingerprint density at radius 1 is 1.31 bits per heavy atom. The lowest BCUT2D eigenvalue weighted by molar-refractivity contribution is -0.140. The number of esters is 1. The molecule has 4 nitrogen and oxygen atoms in total. The molecule has 0 saturated carbocycles. The Labute approximate surface area is 95.2 Å². The fourth-order valence-corrected chi connectivity index (χ4v) is 3.07. The molecule has 5 heteroatoms. The first-order valence-corrected chi connectivity index (χ1v) is 6.45. The van der Waals surface area contributed by atoms with Crippen molar-refractivity contribution in [3.05, 3.63) is 30.3 Å². The number of hydrogen-bond donors (Lipinski definition) is 0. The molecule has 0 aliphatic heterocycles. The highest BCUT2D eigenvalue weighted by Crippen LogP contribution is 2.18. The van der Waals surface area contributed by atoms with Crippen LogP contribution in [0.1, 0.15) is 13.3 Å². The molecule has 0 radical (unpaired) electrons. The molecule has 1 aromatic carbocycles. The zero-order valence-electron chi connectivity index (χ0n) is 9.21. The zero-order chi connectivity index (χ0) is 12.2. The maximum Gasteiger partial charge on any atom is 0.324 e. The van der Waals surface area contributed by atoms with Gasteiger partial charge in [-0.25, -0.2) is 8.42 Å². The van der Waals surface area contributed by atoms with E-state index in [0.717, 1.165) is 0 Å². The van der Waals surface area contributed by atoms with Crippen LogP contribution in [0.4, 0.5) is 0 Å². The van der Waals surface area contributed by atoms with Gasteiger partial charge in [0, 0.05) is 0 Å². The highest BCUT2D eigenvalue weighted by molar-refractivity contribution is 7.92. The van der Waals surface area contributed by atoms with Gasteiger partial charge in [-0.3, -0.25) is 4.79 Å². The van der Waals surface area contributed by atoms with Gasteiger partial charge in [-0.2, -0.15) is 0 Å². The summed E-state index contributed by atoms with van der Waals surface area (Å²) in [5.74, 6) is -0.716. The Balaban J connectivity index is 3.15. The van der Waals surface area contributed by atoms with Crippen LogP contribution in [-0.4, -0.2) is 26.7 Å². The van der Waals surface area contributed by atoms with Gasteiger partial charge in [0.1, 0.15) is 0 Å². The Kier molecular flexibility index (Phi) is 4.06. The largest absolute Gasteiger partial charge is 0.468 e. The number of benzene rings is 1. The van der Waals surface area contributed by atoms with Crippen LogP contribution < -0.4 is 0 Å². The highest BCUT2D eigenvalue weighted by atomic mass is 32.2. The van der Waals surface area contributed by atoms with Crippen molar-refractivity contribution in [1.29, 1.82) is 0 Å². The molecule has 88 valence electrons. The van der Waals surface area contributed by atoms with Gasteiger partial charge >= 0.3 is 5.97 Å². The van der Waals surface area contributed by atoms with Crippen molar-refractivity contribution >= 4 is 15.8 Å². The molecule has 0 unspecified atom stereocenters. The molecule has 0 amide bonds. The van der Waals surface area contributed by atoms with Crippen LogP contribution in [0.5, 0.6) is 0 Å². The number of hydrogen-bond acceptors (Lipinski definition) is 4. The molecule has 0 aliphatic carbocycles. The summed E-state index contributed by atoms with van der Waals surface area (Å²) < 4.78 is 28.6. The molecule has 0 saturated heterocycles. The van der Waals surface area contributed by atoms with E-state index in [1.165, 1.54) is 19.2 Å². The van der Waals surface area contributed by atoms with Crippen LogP contribution in [0.3, 0.4) is 0 Å². The molecule has 0 heterocycles. The Bertz CT molecular complexity index is 450. The molecular weight excluding hydrogens is 228 g/mol. The first-order valence-electron chi connectivity index (χ1n) is 4.90. The number of ether oxygens (including phenoxy) is 1. The third-order valence-electron chi connectivity index (χ3n) is 2.28. The maximum atomic E-state index is 12.1. The monoisotopic (exact) mass is 242 g/mol. The summed E-state index contributed by atoms with van der Waals surface area (Å²) >= 11 is 0. The molecule has 0 fully saturated rings. The summed E-state index contributed by atoms with van der Waals surface area (Å²) in [5, 5.41) is -1.13. The van der Waals surface area contributed by atoms with Gasteiger partial charge in [-0.05, 0) is 18.6 Å². The number of carbonyl (C=O) groups excluding carboxylic acids is 1. The quantitative estimate of drug-likeness (QED) is 0.749. The lowest BCUT2D eigenvalue weighted by atomic mass is 10.3. The number of carbonyl (C=O) groups is 1. The Morgan fingerprint density at radius 2 is 1.88 bits per heavy atom. The van der Waals surface area contributed by atoms with Crippen LogP contribution in [0.2, 0.25) is 0 Å². The smallest absolute Gasteiger partial charge is 0.324 e. The summed E-state index contributed by atoms with van der Waals surface area (Å²) in [4.78, 5) is 11.5. The third kappa shape index (κ3) is 2.41. The summed E-state index contributed by atoms with van der Waals surface area (Å²) in [6.45, 7) is 1.64. The minimum atomic E-state index is -3.64. The molecule has 0 aromatic heterocycles. The topological polar surface area (TPSA) is 60.4 Å². The lowest BCUT2D eigenvalue weighted by Gasteiger charge is -2.13. The van der Waals surface area contributed by atoms with Crippen molar-refractivity contribution in [3.8, 4) is 0 Å². The van der Waals surface area contributed by atoms with E-state index >= 15 is 0 Å². The molecule has 0 spiro atoms. The molecule has 16 heavy (non-hydrogen) atoms. The SMILES string of the molecule is CC[C@@H](C(=O)OC)S(=O)(=O)c1ccccc1. The van der Waals surface area contributed by atoms with Crippen molar-refractivity contribution in [1.82, 2.24) is 0 Å². The Hall–Kier alpha value is -1.36. The van der Waals surface area contributed by atoms with E-state index in [1.807, 2.05) is 0 Å². The van der Waals surface area contributed by atoms with Gasteiger partial charge in [0.25, 0.3) is 0 Å². The van der Waals surface area contributed by atoms with Gasteiger partial charge in [-0.15, -0.1) is 0 Å². The first kappa shape index (κ1) is 12.7. The Morgan fingerprint density at radius 3 is 2.31 bits per heavy atom. The average molecular weight is 242 g/mol. The van der Waals surface area contributed by atoms with E-state index in [1.54, 1.807) is 25.1 Å². The molecular formula is C11H14O4S. The molecule has 0 bridgehead atoms. The second-order valence-corrected chi connectivity index (χ2v) is 5.41. The molecule has 1 atom stereocenters. The predicted molar refractivity (Wildman–Crippen MR) is 59.7 cm³/mol. The number of sulfone groups is 1. The van der Waals surface area contributed by atoms with Crippen molar-refractivity contribution in [2.45, 2.75) is 23.5 Å². The zero-order valence-corrected chi connectivity index (χ0v) is 10.0. The minimum Gasteiger partial charge on any atom is -0.468 e. The van der Waals surface area contributed by atoms with E-state index < -0.39 is 21.1 Å². The fourth-order valence-electron chi connectivity index (χ4n) is 1.42. The summed E-state index contributed by atoms with van der Waals surface area (Å²) in [5.41, 5.74) is 0. The predicted octanol–water partition coefficient (Wildman–Crippen LogP) is 1.41. The van der Waals surface area contributed by atoms with Crippen molar-refractivity contribution in [3.63, 3.8) is 0 Å². The molecule has 1 aromatic rings. The van der Waals surface area contributed by atoms with Gasteiger partial charge < -0.3 is 4.74 Å². The molecule has 0 N–H and O–H groups in total. The summed E-state index contributed by atoms with van der Waals surface area (Å²) in [7, 11) is -2.45. The normalized spacial score (nSPS) is 13.1. The van der Waals surface area contributed by atoms with Crippen molar-refractivity contribution in [2.75, 3.05) is 7.11 Å². The second-order valence-electron chi connectivity index (χ2n) is 3.28. The minimum absolute atomic E-state index is 0.146. The van der Waals surface area contributed by atoms with E-state index in [9.17, 15) is 13.2 Å². The summed E-state index contributed by atoms with van der Waals surface area (Å²) in [6, 6.07) is 7.91.